The van der Waals surface area contributed by atoms with E-state index in [2.05, 4.69) is 146 Å². The van der Waals surface area contributed by atoms with Crippen molar-refractivity contribution in [2.75, 3.05) is 0 Å². The summed E-state index contributed by atoms with van der Waals surface area (Å²) in [6, 6.07) is 6.59. The molecular weight excluding hydrogens is 920 g/mol. The molecule has 1 atom stereocenters. The van der Waals surface area contributed by atoms with Crippen LogP contribution in [0, 0.1) is 41.9 Å². The van der Waals surface area contributed by atoms with Crippen LogP contribution >= 0.6 is 0 Å². The molecule has 1 saturated carbocycles. The molecule has 1 fully saturated rings. The predicted molar refractivity (Wildman–Crippen MR) is 339 cm³/mol. The highest BCUT2D eigenvalue weighted by atomic mass is 19.1. The molecule has 1 aromatic rings. The number of nitrogens with one attached hydrogen (secondary N) is 1. The molecule has 4 nitrogen and oxygen atoms in total. The van der Waals surface area contributed by atoms with Gasteiger partial charge in [-0.25, -0.2) is 4.39 Å². The van der Waals surface area contributed by atoms with Gasteiger partial charge in [-0.15, -0.1) is 0 Å². The van der Waals surface area contributed by atoms with E-state index in [1.54, 1.807) is 6.08 Å². The molecule has 0 bridgehead atoms. The van der Waals surface area contributed by atoms with Crippen molar-refractivity contribution in [3.8, 4) is 0 Å². The largest absolute Gasteiger partial charge is 0.356 e. The third-order valence-corrected chi connectivity index (χ3v) is 13.5. The minimum atomic E-state index is -0.455. The molecule has 75 heavy (non-hydrogen) atoms. The van der Waals surface area contributed by atoms with E-state index < -0.39 is 5.41 Å². The van der Waals surface area contributed by atoms with Gasteiger partial charge in [0.05, 0.1) is 16.8 Å². The molecule has 1 aromatic carbocycles. The fourth-order valence-electron chi connectivity index (χ4n) is 8.78. The fourth-order valence-corrected chi connectivity index (χ4v) is 8.78. The summed E-state index contributed by atoms with van der Waals surface area (Å²) in [5, 5.41) is 3.29. The minimum absolute atomic E-state index is 0.0180. The molecule has 1 unspecified atom stereocenters. The molecule has 0 aliphatic heterocycles. The second-order valence-corrected chi connectivity index (χ2v) is 23.0. The van der Waals surface area contributed by atoms with E-state index in [4.69, 9.17) is 4.99 Å². The number of hydrogen-bond donors (Lipinski definition) is 1. The van der Waals surface area contributed by atoms with E-state index >= 15 is 0 Å². The summed E-state index contributed by atoms with van der Waals surface area (Å²) in [4.78, 5) is 28.3. The number of hydrogen-bond acceptors (Lipinski definition) is 4. The van der Waals surface area contributed by atoms with Gasteiger partial charge in [0, 0.05) is 23.7 Å². The maximum atomic E-state index is 14.9. The fraction of sp³-hybridized carbons (Fsp3) is 0.700. The number of aldehydes is 1. The lowest BCUT2D eigenvalue weighted by atomic mass is 9.66. The summed E-state index contributed by atoms with van der Waals surface area (Å²) >= 11 is 0. The van der Waals surface area contributed by atoms with Gasteiger partial charge in [-0.3, -0.25) is 9.79 Å². The highest BCUT2D eigenvalue weighted by Gasteiger charge is 2.40. The molecule has 1 aliphatic rings. The Morgan fingerprint density at radius 3 is 1.71 bits per heavy atom. The van der Waals surface area contributed by atoms with Crippen LogP contribution in [0.1, 0.15) is 292 Å². The molecule has 0 radical (unpaired) electrons. The molecule has 5 heteroatoms. The topological polar surface area (TPSA) is 58.5 Å². The highest BCUT2D eigenvalue weighted by molar-refractivity contribution is 5.92. The first-order chi connectivity index (χ1) is 35.4. The monoisotopic (exact) mass is 1040 g/mol. The van der Waals surface area contributed by atoms with Crippen molar-refractivity contribution in [2.45, 2.75) is 287 Å². The summed E-state index contributed by atoms with van der Waals surface area (Å²) < 4.78 is 14.9. The number of nitrogens with zero attached hydrogens (tertiary/aromatic N) is 1. The normalized spacial score (nSPS) is 15.9. The van der Waals surface area contributed by atoms with Crippen LogP contribution in [-0.4, -0.2) is 18.3 Å². The van der Waals surface area contributed by atoms with Crippen molar-refractivity contribution in [3.05, 3.63) is 99.8 Å². The van der Waals surface area contributed by atoms with Gasteiger partial charge in [0.2, 0.25) is 0 Å². The Kier molecular flexibility index (Phi) is 49.4. The summed E-state index contributed by atoms with van der Waals surface area (Å²) in [5.74, 6) is 3.26. The molecule has 0 amide bonds. The second kappa shape index (κ2) is 47.6. The molecule has 0 aromatic heterocycles. The molecule has 0 saturated heterocycles. The number of rotatable bonds is 27. The first kappa shape index (κ1) is 77.9. The van der Waals surface area contributed by atoms with Crippen molar-refractivity contribution < 1.29 is 14.0 Å². The molecule has 434 valence electrons. The van der Waals surface area contributed by atoms with Crippen molar-refractivity contribution in [3.63, 3.8) is 0 Å². The van der Waals surface area contributed by atoms with Gasteiger partial charge in [0.1, 0.15) is 17.9 Å². The molecule has 0 spiro atoms. The summed E-state index contributed by atoms with van der Waals surface area (Å²) in [7, 11) is 0. The van der Waals surface area contributed by atoms with Gasteiger partial charge in [0.25, 0.3) is 0 Å². The van der Waals surface area contributed by atoms with Gasteiger partial charge in [0.15, 0.2) is 0 Å². The third-order valence-electron chi connectivity index (χ3n) is 13.5. The number of carbonyl (C=O) groups excluding carboxylic acids is 2. The van der Waals surface area contributed by atoms with Gasteiger partial charge < -0.3 is 10.1 Å². The average Bonchev–Trinajstić information content (AvgIpc) is 3.36. The lowest BCUT2D eigenvalue weighted by Crippen LogP contribution is -2.39. The molecular formula is C70H125FN2O2. The number of unbranched alkanes of at least 4 members (excludes halogenated alkanes) is 2. The van der Waals surface area contributed by atoms with Crippen molar-refractivity contribution >= 4 is 23.9 Å². The Morgan fingerprint density at radius 1 is 0.800 bits per heavy atom. The van der Waals surface area contributed by atoms with Crippen LogP contribution in [0.5, 0.6) is 0 Å². The Labute approximate surface area is 468 Å². The minimum Gasteiger partial charge on any atom is -0.356 e. The second-order valence-electron chi connectivity index (χ2n) is 23.0. The van der Waals surface area contributed by atoms with E-state index in [0.717, 1.165) is 115 Å². The third kappa shape index (κ3) is 36.2. The summed E-state index contributed by atoms with van der Waals surface area (Å²) in [6.07, 6.45) is 35.1. The SMILES string of the molecule is CC(C)C.CCC(C)C=O.CCCC(C)(C)CC.CCCC1CC(C)C1.CCCCC.C\C=C/C(N/C(C)=C(C)/C(=C\C(=C\CC)c1ccc(C(CCC)(CCC)C(=O)C(C)C)c(C)c1)N=CCC)=C(F)\C=C\CC. The Bertz CT molecular complexity index is 1810. The first-order valence-corrected chi connectivity index (χ1v) is 30.6. The van der Waals surface area contributed by atoms with Crippen LogP contribution in [0.15, 0.2) is 88.1 Å². The summed E-state index contributed by atoms with van der Waals surface area (Å²) in [5.41, 5.74) is 7.62. The number of carbonyl (C=O) groups is 2. The number of benzene rings is 1. The van der Waals surface area contributed by atoms with Crippen molar-refractivity contribution in [1.82, 2.24) is 5.32 Å². The smallest absolute Gasteiger partial charge is 0.146 e. The maximum absolute atomic E-state index is 14.9. The number of aryl methyl sites for hydroxylation is 1. The van der Waals surface area contributed by atoms with Crippen LogP contribution in [-0.2, 0) is 15.0 Å². The molecule has 0 heterocycles. The Balaban J connectivity index is -0.000000644. The lowest BCUT2D eigenvalue weighted by Gasteiger charge is -2.36. The zero-order valence-corrected chi connectivity index (χ0v) is 54.1. The maximum Gasteiger partial charge on any atom is 0.146 e. The number of Topliss-reactive ketones (excluding diaryl/α,β-unsaturated/α-hetero) is 1. The summed E-state index contributed by atoms with van der Waals surface area (Å²) in [6.45, 7) is 51.2. The average molecular weight is 1050 g/mol. The number of aliphatic imine (C=N–C) groups is 1. The zero-order valence-electron chi connectivity index (χ0n) is 54.1. The van der Waals surface area contributed by atoms with E-state index in [0.29, 0.717) is 16.9 Å². The van der Waals surface area contributed by atoms with E-state index in [-0.39, 0.29) is 17.7 Å². The van der Waals surface area contributed by atoms with E-state index in [9.17, 15) is 14.0 Å². The lowest BCUT2D eigenvalue weighted by molar-refractivity contribution is -0.128. The van der Waals surface area contributed by atoms with Gasteiger partial charge in [-0.1, -0.05) is 233 Å². The van der Waals surface area contributed by atoms with Crippen LogP contribution in [0.3, 0.4) is 0 Å². The number of allylic oxidation sites excluding steroid dienone is 10. The Hall–Kier alpha value is -3.60. The van der Waals surface area contributed by atoms with Crippen LogP contribution in [0.4, 0.5) is 4.39 Å². The molecule has 1 N–H and O–H groups in total. The zero-order chi connectivity index (χ0) is 58.6. The molecule has 1 aliphatic carbocycles. The predicted octanol–water partition coefficient (Wildman–Crippen LogP) is 23.0. The quantitative estimate of drug-likeness (QED) is 0.0543. The van der Waals surface area contributed by atoms with Crippen molar-refractivity contribution in [1.29, 1.82) is 0 Å². The van der Waals surface area contributed by atoms with Gasteiger partial charge in [-0.05, 0) is 155 Å². The first-order valence-electron chi connectivity index (χ1n) is 30.6. The van der Waals surface area contributed by atoms with Crippen LogP contribution < -0.4 is 5.32 Å². The number of ketones is 1. The van der Waals surface area contributed by atoms with Gasteiger partial charge >= 0.3 is 0 Å². The standard InChI is InChI=1S/C40H59FN2O.C8H16.C8H18.C5H10O.C5H12.C4H10/c1-12-18-21-36(41)37(20-14-3)43-32(11)31(10)38(42-26-17-6)28-33(19-13-2)34-22-23-35(30(9)27-34)40(24-15-4,25-16-5)39(44)29(7)8;1-3-4-8-5-7(2)6-8;1-5-7-8(3,4)6-2;1-3-5(2)4-6;1-3-5-4-2;1-4(2)3/h14,18-23,26-29,43H,12-13,15-17,24-25H2,1-11H3;7-8H,3-6H2,1-2H3;5-7H2,1-4H3;4-5H,3H2,1-2H3;3-5H2,1-2H3;4H,1-3H3/b20-14-,21-18+,32-31+,33-19-,37-36-,38-28+,42-26?;;;;;. The van der Waals surface area contributed by atoms with Crippen molar-refractivity contribution in [2.24, 2.45) is 40.0 Å². The van der Waals surface area contributed by atoms with Gasteiger partial charge in [-0.2, -0.15) is 0 Å². The molecule has 2 rings (SSSR count). The van der Waals surface area contributed by atoms with Crippen LogP contribution in [0.2, 0.25) is 0 Å². The van der Waals surface area contributed by atoms with E-state index in [1.165, 1.54) is 70.3 Å². The number of halogens is 1. The highest BCUT2D eigenvalue weighted by Crippen LogP contribution is 2.41. The van der Waals surface area contributed by atoms with E-state index in [1.807, 2.05) is 73.8 Å². The van der Waals surface area contributed by atoms with Crippen LogP contribution in [0.25, 0.3) is 5.57 Å². The Morgan fingerprint density at radius 2 is 1.36 bits per heavy atom.